The first-order valence-corrected chi connectivity index (χ1v) is 12.4. The van der Waals surface area contributed by atoms with Crippen LogP contribution in [0.1, 0.15) is 37.5 Å². The van der Waals surface area contributed by atoms with Gasteiger partial charge in [0, 0.05) is 6.08 Å². The Morgan fingerprint density at radius 2 is 1.32 bits per heavy atom. The van der Waals surface area contributed by atoms with Crippen LogP contribution in [0.4, 0.5) is 0 Å². The minimum atomic E-state index is -1.04. The van der Waals surface area contributed by atoms with Crippen LogP contribution in [0.5, 0.6) is 0 Å². The maximum absolute atomic E-state index is 13.6. The van der Waals surface area contributed by atoms with E-state index in [1.165, 1.54) is 12.2 Å². The van der Waals surface area contributed by atoms with Crippen LogP contribution in [0.2, 0.25) is 0 Å². The highest BCUT2D eigenvalue weighted by Gasteiger charge is 2.45. The van der Waals surface area contributed by atoms with E-state index in [0.717, 1.165) is 16.7 Å². The number of carbonyl (C=O) groups is 2. The summed E-state index contributed by atoms with van der Waals surface area (Å²) in [5.74, 6) is -1.80. The lowest BCUT2D eigenvalue weighted by Gasteiger charge is -2.36. The van der Waals surface area contributed by atoms with Crippen molar-refractivity contribution in [2.45, 2.75) is 44.4 Å². The highest BCUT2D eigenvalue weighted by molar-refractivity contribution is 5.86. The number of esters is 1. The van der Waals surface area contributed by atoms with Crippen molar-refractivity contribution in [3.05, 3.63) is 120 Å². The molecule has 1 aliphatic heterocycles. The molecule has 1 saturated heterocycles. The monoisotopic (exact) mass is 500 g/mol. The van der Waals surface area contributed by atoms with Gasteiger partial charge >= 0.3 is 5.97 Å². The topological polar surface area (TPSA) is 71.1 Å². The third-order valence-corrected chi connectivity index (χ3v) is 6.13. The molecule has 37 heavy (non-hydrogen) atoms. The smallest absolute Gasteiger partial charge is 0.330 e. The Labute approximate surface area is 217 Å². The van der Waals surface area contributed by atoms with Gasteiger partial charge in [0.2, 0.25) is 0 Å². The summed E-state index contributed by atoms with van der Waals surface area (Å²) in [5.41, 5.74) is 1.64. The quantitative estimate of drug-likeness (QED) is 0.216. The fourth-order valence-electron chi connectivity index (χ4n) is 4.57. The Kier molecular flexibility index (Phi) is 8.34. The Hall–Kier alpha value is -3.58. The van der Waals surface area contributed by atoms with E-state index in [9.17, 15) is 9.59 Å². The molecule has 0 amide bonds. The number of carbonyl (C=O) groups excluding carboxylic acids is 2. The summed E-state index contributed by atoms with van der Waals surface area (Å²) >= 11 is 0. The highest BCUT2D eigenvalue weighted by atomic mass is 16.8. The lowest BCUT2D eigenvalue weighted by molar-refractivity contribution is -0.157. The van der Waals surface area contributed by atoms with Crippen molar-refractivity contribution >= 4 is 11.8 Å². The average molecular weight is 501 g/mol. The van der Waals surface area contributed by atoms with E-state index in [2.05, 4.69) is 0 Å². The van der Waals surface area contributed by atoms with Gasteiger partial charge in [-0.15, -0.1) is 0 Å². The van der Waals surface area contributed by atoms with Crippen LogP contribution < -0.4 is 0 Å². The molecule has 6 nitrogen and oxygen atoms in total. The van der Waals surface area contributed by atoms with E-state index in [1.807, 2.05) is 91.0 Å². The van der Waals surface area contributed by atoms with E-state index in [0.29, 0.717) is 0 Å². The third kappa shape index (κ3) is 6.05. The SMILES string of the molecule is CCOC(=O)/C=C\[C@@H]1OC(C)(C)O[C@@H]1C(=O)COC(c1ccccc1)(c1ccccc1)c1ccccc1. The second-order valence-electron chi connectivity index (χ2n) is 9.17. The Balaban J connectivity index is 1.68. The van der Waals surface area contributed by atoms with Crippen LogP contribution in [0.3, 0.4) is 0 Å². The normalized spacial score (nSPS) is 19.1. The van der Waals surface area contributed by atoms with Crippen molar-refractivity contribution in [1.29, 1.82) is 0 Å². The fourth-order valence-corrected chi connectivity index (χ4v) is 4.57. The van der Waals surface area contributed by atoms with E-state index in [-0.39, 0.29) is 19.0 Å². The van der Waals surface area contributed by atoms with Crippen LogP contribution >= 0.6 is 0 Å². The lowest BCUT2D eigenvalue weighted by atomic mass is 9.80. The summed E-state index contributed by atoms with van der Waals surface area (Å²) < 4.78 is 23.4. The van der Waals surface area contributed by atoms with Crippen molar-refractivity contribution < 1.29 is 28.5 Å². The summed E-state index contributed by atoms with van der Waals surface area (Å²) in [7, 11) is 0. The molecule has 4 rings (SSSR count). The summed E-state index contributed by atoms with van der Waals surface area (Å²) in [6.07, 6.45) is 1.08. The third-order valence-electron chi connectivity index (χ3n) is 6.13. The predicted molar refractivity (Wildman–Crippen MR) is 140 cm³/mol. The first-order chi connectivity index (χ1) is 17.9. The summed E-state index contributed by atoms with van der Waals surface area (Å²) in [6, 6.07) is 29.5. The zero-order valence-corrected chi connectivity index (χ0v) is 21.3. The number of Topliss-reactive ketones (excluding diaryl/α,β-unsaturated/α-hetero) is 1. The summed E-state index contributed by atoms with van der Waals surface area (Å²) in [4.78, 5) is 25.4. The van der Waals surface area contributed by atoms with Crippen molar-refractivity contribution in [2.75, 3.05) is 13.2 Å². The zero-order valence-electron chi connectivity index (χ0n) is 21.3. The maximum Gasteiger partial charge on any atom is 0.330 e. The van der Waals surface area contributed by atoms with E-state index < -0.39 is 29.6 Å². The van der Waals surface area contributed by atoms with Crippen molar-refractivity contribution in [1.82, 2.24) is 0 Å². The van der Waals surface area contributed by atoms with Crippen molar-refractivity contribution in [2.24, 2.45) is 0 Å². The molecular weight excluding hydrogens is 468 g/mol. The van der Waals surface area contributed by atoms with Crippen LogP contribution in [0.25, 0.3) is 0 Å². The number of benzene rings is 3. The number of hydrogen-bond acceptors (Lipinski definition) is 6. The van der Waals surface area contributed by atoms with Gasteiger partial charge in [0.25, 0.3) is 0 Å². The molecule has 1 fully saturated rings. The summed E-state index contributed by atoms with van der Waals surface area (Å²) in [6.45, 7) is 5.20. The van der Waals surface area contributed by atoms with Gasteiger partial charge in [-0.25, -0.2) is 4.79 Å². The van der Waals surface area contributed by atoms with Gasteiger partial charge in [-0.2, -0.15) is 0 Å². The average Bonchev–Trinajstić information content (AvgIpc) is 3.24. The first-order valence-electron chi connectivity index (χ1n) is 12.4. The molecule has 0 saturated carbocycles. The number of rotatable bonds is 10. The molecule has 0 unspecified atom stereocenters. The van der Waals surface area contributed by atoms with Gasteiger partial charge in [0.15, 0.2) is 17.7 Å². The van der Waals surface area contributed by atoms with Crippen LogP contribution in [-0.2, 0) is 34.1 Å². The van der Waals surface area contributed by atoms with Gasteiger partial charge in [0.05, 0.1) is 6.61 Å². The van der Waals surface area contributed by atoms with Gasteiger partial charge in [0.1, 0.15) is 18.3 Å². The maximum atomic E-state index is 13.6. The molecule has 0 spiro atoms. The van der Waals surface area contributed by atoms with E-state index in [4.69, 9.17) is 18.9 Å². The van der Waals surface area contributed by atoms with Gasteiger partial charge < -0.3 is 18.9 Å². The van der Waals surface area contributed by atoms with Gasteiger partial charge in [-0.05, 0) is 43.5 Å². The zero-order chi connectivity index (χ0) is 26.3. The Morgan fingerprint density at radius 1 is 0.838 bits per heavy atom. The second kappa shape index (κ2) is 11.6. The van der Waals surface area contributed by atoms with E-state index >= 15 is 0 Å². The Morgan fingerprint density at radius 3 is 1.78 bits per heavy atom. The lowest BCUT2D eigenvalue weighted by Crippen LogP contribution is -2.39. The molecule has 0 aliphatic carbocycles. The molecule has 0 aromatic heterocycles. The fraction of sp³-hybridized carbons (Fsp3) is 0.290. The molecule has 2 atom stereocenters. The standard InChI is InChI=1S/C31H32O6/c1-4-34-28(33)21-20-27-29(37-30(2,3)36-27)26(32)22-35-31(23-14-8-5-9-15-23,24-16-10-6-11-17-24)25-18-12-7-13-19-25/h5-21,27,29H,4,22H2,1-3H3/b21-20-/t27-,29+/m0/s1. The second-order valence-corrected chi connectivity index (χ2v) is 9.17. The predicted octanol–water partition coefficient (Wildman–Crippen LogP) is 5.20. The molecule has 192 valence electrons. The molecular formula is C31H32O6. The van der Waals surface area contributed by atoms with Gasteiger partial charge in [-0.3, -0.25) is 4.79 Å². The molecule has 1 aliphatic rings. The molecule has 3 aromatic rings. The van der Waals surface area contributed by atoms with Crippen LogP contribution in [-0.4, -0.2) is 43.0 Å². The molecule has 6 heteroatoms. The molecule has 1 heterocycles. The Bertz CT molecular complexity index is 1110. The van der Waals surface area contributed by atoms with Crippen molar-refractivity contribution in [3.63, 3.8) is 0 Å². The minimum Gasteiger partial charge on any atom is -0.463 e. The molecule has 0 N–H and O–H groups in total. The minimum absolute atomic E-state index is 0.244. The number of hydrogen-bond donors (Lipinski definition) is 0. The molecule has 0 bridgehead atoms. The summed E-state index contributed by atoms with van der Waals surface area (Å²) in [5, 5.41) is 0. The van der Waals surface area contributed by atoms with Gasteiger partial charge in [-0.1, -0.05) is 91.0 Å². The molecule has 0 radical (unpaired) electrons. The largest absolute Gasteiger partial charge is 0.463 e. The first kappa shape index (κ1) is 26.5. The number of ether oxygens (including phenoxy) is 4. The highest BCUT2D eigenvalue weighted by Crippen LogP contribution is 2.40. The van der Waals surface area contributed by atoms with Crippen LogP contribution in [0.15, 0.2) is 103 Å². The number of ketones is 1. The molecule has 3 aromatic carbocycles. The van der Waals surface area contributed by atoms with Crippen LogP contribution in [0, 0.1) is 0 Å². The van der Waals surface area contributed by atoms with Crippen molar-refractivity contribution in [3.8, 4) is 0 Å². The van der Waals surface area contributed by atoms with E-state index in [1.54, 1.807) is 20.8 Å².